The molecule has 18 heavy (non-hydrogen) atoms. The van der Waals surface area contributed by atoms with Gasteiger partial charge in [0.1, 0.15) is 5.76 Å². The summed E-state index contributed by atoms with van der Waals surface area (Å²) in [6, 6.07) is 5.16. The molecule has 1 aromatic carbocycles. The van der Waals surface area contributed by atoms with Crippen molar-refractivity contribution in [2.75, 3.05) is 6.54 Å². The van der Waals surface area contributed by atoms with E-state index in [4.69, 9.17) is 16.0 Å². The van der Waals surface area contributed by atoms with Crippen LogP contribution in [0, 0.1) is 5.82 Å². The van der Waals surface area contributed by atoms with Crippen molar-refractivity contribution < 1.29 is 8.81 Å². The van der Waals surface area contributed by atoms with Crippen molar-refractivity contribution in [2.45, 2.75) is 13.5 Å². The summed E-state index contributed by atoms with van der Waals surface area (Å²) in [4.78, 5) is 0. The summed E-state index contributed by atoms with van der Waals surface area (Å²) in [5, 5.41) is 3.23. The number of halogens is 3. The maximum absolute atomic E-state index is 14.1. The van der Waals surface area contributed by atoms with Crippen LogP contribution in [0.4, 0.5) is 4.39 Å². The van der Waals surface area contributed by atoms with Crippen LogP contribution in [0.25, 0.3) is 11.1 Å². The Labute approximate surface area is 118 Å². The normalized spacial score (nSPS) is 10.9. The Morgan fingerprint density at radius 3 is 2.83 bits per heavy atom. The topological polar surface area (TPSA) is 25.2 Å². The Bertz CT molecular complexity index is 556. The highest BCUT2D eigenvalue weighted by molar-refractivity contribution is 9.10. The Morgan fingerprint density at radius 2 is 2.11 bits per heavy atom. The maximum atomic E-state index is 14.1. The SMILES string of the molecule is CCNCc1occc1-c1ccc(Br)c(Cl)c1F. The summed E-state index contributed by atoms with van der Waals surface area (Å²) in [5.41, 5.74) is 1.17. The summed E-state index contributed by atoms with van der Waals surface area (Å²) < 4.78 is 20.0. The van der Waals surface area contributed by atoms with Crippen molar-refractivity contribution in [3.63, 3.8) is 0 Å². The zero-order chi connectivity index (χ0) is 13.1. The van der Waals surface area contributed by atoms with Gasteiger partial charge < -0.3 is 9.73 Å². The third kappa shape index (κ3) is 2.60. The fourth-order valence-electron chi connectivity index (χ4n) is 1.69. The first-order chi connectivity index (χ1) is 8.65. The van der Waals surface area contributed by atoms with Gasteiger partial charge >= 0.3 is 0 Å². The van der Waals surface area contributed by atoms with E-state index in [1.54, 1.807) is 24.5 Å². The number of hydrogen-bond acceptors (Lipinski definition) is 2. The van der Waals surface area contributed by atoms with Gasteiger partial charge in [-0.1, -0.05) is 24.6 Å². The van der Waals surface area contributed by atoms with Gasteiger partial charge in [0.15, 0.2) is 5.82 Å². The summed E-state index contributed by atoms with van der Waals surface area (Å²) in [5.74, 6) is 0.263. The highest BCUT2D eigenvalue weighted by atomic mass is 79.9. The standard InChI is InChI=1S/C13H12BrClFNO/c1-2-17-7-11-8(5-6-18-11)9-3-4-10(14)12(15)13(9)16/h3-6,17H,2,7H2,1H3. The molecule has 1 aromatic heterocycles. The van der Waals surface area contributed by atoms with E-state index in [0.29, 0.717) is 22.3 Å². The van der Waals surface area contributed by atoms with Gasteiger partial charge in [0, 0.05) is 15.6 Å². The Morgan fingerprint density at radius 1 is 1.33 bits per heavy atom. The number of nitrogens with one attached hydrogen (secondary N) is 1. The van der Waals surface area contributed by atoms with E-state index in [9.17, 15) is 4.39 Å². The molecule has 0 aliphatic rings. The van der Waals surface area contributed by atoms with Crippen molar-refractivity contribution in [3.05, 3.63) is 45.5 Å². The van der Waals surface area contributed by atoms with Crippen LogP contribution in [0.3, 0.4) is 0 Å². The van der Waals surface area contributed by atoms with Crippen LogP contribution in [0.1, 0.15) is 12.7 Å². The summed E-state index contributed by atoms with van der Waals surface area (Å²) in [7, 11) is 0. The van der Waals surface area contributed by atoms with Gasteiger partial charge in [-0.3, -0.25) is 0 Å². The third-order valence-corrected chi connectivity index (χ3v) is 3.86. The second-order valence-corrected chi connectivity index (χ2v) is 4.99. The number of rotatable bonds is 4. The molecule has 1 heterocycles. The smallest absolute Gasteiger partial charge is 0.150 e. The number of furan rings is 1. The zero-order valence-electron chi connectivity index (χ0n) is 9.77. The summed E-state index contributed by atoms with van der Waals surface area (Å²) in [6.07, 6.45) is 1.55. The Hall–Kier alpha value is -0.840. The molecule has 0 aliphatic heterocycles. The predicted octanol–water partition coefficient (Wildman–Crippen LogP) is 4.61. The molecule has 0 amide bonds. The average molecular weight is 333 g/mol. The highest BCUT2D eigenvalue weighted by Gasteiger charge is 2.16. The summed E-state index contributed by atoms with van der Waals surface area (Å²) >= 11 is 9.08. The van der Waals surface area contributed by atoms with E-state index >= 15 is 0 Å². The van der Waals surface area contributed by atoms with Crippen LogP contribution in [0.2, 0.25) is 5.02 Å². The largest absolute Gasteiger partial charge is 0.467 e. The van der Waals surface area contributed by atoms with Crippen LogP contribution in [-0.2, 0) is 6.54 Å². The fourth-order valence-corrected chi connectivity index (χ4v) is 2.16. The Kier molecular flexibility index (Phi) is 4.43. The lowest BCUT2D eigenvalue weighted by molar-refractivity contribution is 0.488. The Balaban J connectivity index is 2.43. The minimum Gasteiger partial charge on any atom is -0.467 e. The minimum atomic E-state index is -0.440. The van der Waals surface area contributed by atoms with Crippen LogP contribution in [0.5, 0.6) is 0 Å². The molecule has 0 radical (unpaired) electrons. The first-order valence-electron chi connectivity index (χ1n) is 5.56. The van der Waals surface area contributed by atoms with E-state index in [1.165, 1.54) is 0 Å². The van der Waals surface area contributed by atoms with Gasteiger partial charge in [0.25, 0.3) is 0 Å². The molecule has 0 unspecified atom stereocenters. The molecule has 0 atom stereocenters. The zero-order valence-corrected chi connectivity index (χ0v) is 12.1. The molecule has 2 aromatic rings. The maximum Gasteiger partial charge on any atom is 0.150 e. The molecule has 96 valence electrons. The van der Waals surface area contributed by atoms with E-state index in [-0.39, 0.29) is 5.02 Å². The lowest BCUT2D eigenvalue weighted by Crippen LogP contribution is -2.11. The molecule has 0 aliphatic carbocycles. The van der Waals surface area contributed by atoms with Crippen LogP contribution >= 0.6 is 27.5 Å². The van der Waals surface area contributed by atoms with Crippen molar-refractivity contribution in [2.24, 2.45) is 0 Å². The van der Waals surface area contributed by atoms with Crippen LogP contribution in [-0.4, -0.2) is 6.54 Å². The van der Waals surface area contributed by atoms with Crippen molar-refractivity contribution in [1.29, 1.82) is 0 Å². The lowest BCUT2D eigenvalue weighted by Gasteiger charge is -2.07. The molecule has 0 saturated carbocycles. The van der Waals surface area contributed by atoms with E-state index < -0.39 is 5.82 Å². The van der Waals surface area contributed by atoms with Crippen LogP contribution < -0.4 is 5.32 Å². The van der Waals surface area contributed by atoms with Crippen LogP contribution in [0.15, 0.2) is 33.4 Å². The van der Waals surface area contributed by atoms with E-state index in [1.807, 2.05) is 6.92 Å². The molecule has 2 rings (SSSR count). The molecule has 2 nitrogen and oxygen atoms in total. The average Bonchev–Trinajstić information content (AvgIpc) is 2.82. The third-order valence-electron chi connectivity index (χ3n) is 2.61. The fraction of sp³-hybridized carbons (Fsp3) is 0.231. The van der Waals surface area contributed by atoms with E-state index in [2.05, 4.69) is 21.2 Å². The monoisotopic (exact) mass is 331 g/mol. The van der Waals surface area contributed by atoms with Gasteiger partial charge in [0.05, 0.1) is 17.8 Å². The lowest BCUT2D eigenvalue weighted by atomic mass is 10.1. The first-order valence-corrected chi connectivity index (χ1v) is 6.73. The molecule has 0 bridgehead atoms. The van der Waals surface area contributed by atoms with Gasteiger partial charge in [0.2, 0.25) is 0 Å². The highest BCUT2D eigenvalue weighted by Crippen LogP contribution is 2.34. The van der Waals surface area contributed by atoms with Gasteiger partial charge in [-0.05, 0) is 34.6 Å². The van der Waals surface area contributed by atoms with Gasteiger partial charge in [-0.25, -0.2) is 4.39 Å². The summed E-state index contributed by atoms with van der Waals surface area (Å²) in [6.45, 7) is 3.38. The predicted molar refractivity (Wildman–Crippen MR) is 74.2 cm³/mol. The molecule has 0 fully saturated rings. The second kappa shape index (κ2) is 5.87. The first kappa shape index (κ1) is 13.6. The number of hydrogen-bond donors (Lipinski definition) is 1. The number of benzene rings is 1. The molecule has 0 saturated heterocycles. The van der Waals surface area contributed by atoms with Crippen molar-refractivity contribution >= 4 is 27.5 Å². The molecule has 5 heteroatoms. The molecule has 1 N–H and O–H groups in total. The van der Waals surface area contributed by atoms with Crippen molar-refractivity contribution in [3.8, 4) is 11.1 Å². The molecular weight excluding hydrogens is 321 g/mol. The molecule has 0 spiro atoms. The second-order valence-electron chi connectivity index (χ2n) is 3.76. The molecular formula is C13H12BrClFNO. The minimum absolute atomic E-state index is 0.0862. The van der Waals surface area contributed by atoms with Crippen molar-refractivity contribution in [1.82, 2.24) is 5.32 Å². The van der Waals surface area contributed by atoms with Gasteiger partial charge in [-0.15, -0.1) is 0 Å². The quantitative estimate of drug-likeness (QED) is 0.827. The van der Waals surface area contributed by atoms with Gasteiger partial charge in [-0.2, -0.15) is 0 Å². The van der Waals surface area contributed by atoms with E-state index in [0.717, 1.165) is 12.1 Å².